The van der Waals surface area contributed by atoms with Crippen molar-refractivity contribution < 1.29 is 14.3 Å². The van der Waals surface area contributed by atoms with Gasteiger partial charge in [-0.15, -0.1) is 24.0 Å². The Bertz CT molecular complexity index is 603. The Kier molecular flexibility index (Phi) is 11.8. The van der Waals surface area contributed by atoms with Gasteiger partial charge in [0.25, 0.3) is 0 Å². The average Bonchev–Trinajstić information content (AvgIpc) is 2.60. The van der Waals surface area contributed by atoms with E-state index >= 15 is 0 Å². The van der Waals surface area contributed by atoms with Gasteiger partial charge in [-0.2, -0.15) is 0 Å². The maximum Gasteiger partial charge on any atom is 0.225 e. The van der Waals surface area contributed by atoms with E-state index in [9.17, 15) is 4.79 Å². The van der Waals surface area contributed by atoms with Crippen molar-refractivity contribution in [3.63, 3.8) is 0 Å². The molecular formula is C19H33IN4O3. The molecule has 0 spiro atoms. The number of aliphatic imine (C=N–C) groups is 1. The molecule has 0 heterocycles. The van der Waals surface area contributed by atoms with Crippen molar-refractivity contribution in [2.45, 2.75) is 33.8 Å². The quantitative estimate of drug-likeness (QED) is 0.225. The third kappa shape index (κ3) is 10.3. The van der Waals surface area contributed by atoms with Crippen LogP contribution in [0.1, 0.15) is 27.7 Å². The number of methoxy groups -OCH3 is 1. The van der Waals surface area contributed by atoms with Gasteiger partial charge in [-0.1, -0.05) is 26.8 Å². The van der Waals surface area contributed by atoms with E-state index in [1.54, 1.807) is 14.2 Å². The number of guanidine groups is 1. The first-order valence-electron chi connectivity index (χ1n) is 8.79. The monoisotopic (exact) mass is 492 g/mol. The Hall–Kier alpha value is -1.71. The Labute approximate surface area is 179 Å². The number of nitrogens with zero attached hydrogens (tertiary/aromatic N) is 1. The van der Waals surface area contributed by atoms with Crippen molar-refractivity contribution in [1.29, 1.82) is 0 Å². The molecular weight excluding hydrogens is 459 g/mol. The molecule has 0 aliphatic heterocycles. The zero-order valence-electron chi connectivity index (χ0n) is 17.1. The van der Waals surface area contributed by atoms with Crippen LogP contribution < -0.4 is 25.4 Å². The topological polar surface area (TPSA) is 84.0 Å². The third-order valence-corrected chi connectivity index (χ3v) is 3.54. The molecule has 1 atom stereocenters. The van der Waals surface area contributed by atoms with E-state index in [1.165, 1.54) is 0 Å². The number of carbonyl (C=O) groups excluding carboxylic acids is 1. The van der Waals surface area contributed by atoms with Gasteiger partial charge < -0.3 is 25.4 Å². The summed E-state index contributed by atoms with van der Waals surface area (Å²) in [5, 5.41) is 9.26. The second kappa shape index (κ2) is 12.6. The number of halogens is 1. The fraction of sp³-hybridized carbons (Fsp3) is 0.579. The third-order valence-electron chi connectivity index (χ3n) is 3.54. The van der Waals surface area contributed by atoms with E-state index in [4.69, 9.17) is 9.47 Å². The fourth-order valence-electron chi connectivity index (χ4n) is 2.03. The summed E-state index contributed by atoms with van der Waals surface area (Å²) in [6.07, 6.45) is -0.0544. The molecule has 0 saturated heterocycles. The predicted molar refractivity (Wildman–Crippen MR) is 120 cm³/mol. The number of rotatable bonds is 8. The van der Waals surface area contributed by atoms with Crippen LogP contribution >= 0.6 is 24.0 Å². The molecule has 0 aliphatic carbocycles. The second-order valence-electron chi connectivity index (χ2n) is 6.99. The molecule has 154 valence electrons. The van der Waals surface area contributed by atoms with Crippen LogP contribution in [0.4, 0.5) is 0 Å². The van der Waals surface area contributed by atoms with Gasteiger partial charge in [0.1, 0.15) is 17.6 Å². The molecule has 3 N–H and O–H groups in total. The van der Waals surface area contributed by atoms with Crippen molar-refractivity contribution in [3.05, 3.63) is 24.3 Å². The lowest BCUT2D eigenvalue weighted by Crippen LogP contribution is -2.45. The Morgan fingerprint density at radius 2 is 1.78 bits per heavy atom. The molecule has 0 fully saturated rings. The molecule has 8 heteroatoms. The molecule has 1 aromatic rings. The van der Waals surface area contributed by atoms with Gasteiger partial charge in [-0.25, -0.2) is 0 Å². The summed E-state index contributed by atoms with van der Waals surface area (Å²) in [6.45, 7) is 9.35. The minimum absolute atomic E-state index is 0. The molecule has 1 amide bonds. The van der Waals surface area contributed by atoms with Gasteiger partial charge in [-0.05, 0) is 19.1 Å². The molecule has 1 rings (SSSR count). The van der Waals surface area contributed by atoms with E-state index in [1.807, 2.05) is 52.0 Å². The van der Waals surface area contributed by atoms with Crippen LogP contribution in [0.3, 0.4) is 0 Å². The van der Waals surface area contributed by atoms with E-state index in [0.717, 1.165) is 11.5 Å². The normalized spacial score (nSPS) is 12.4. The first-order valence-corrected chi connectivity index (χ1v) is 8.79. The fourth-order valence-corrected chi connectivity index (χ4v) is 2.03. The van der Waals surface area contributed by atoms with Crippen molar-refractivity contribution in [2.24, 2.45) is 10.4 Å². The number of nitrogens with one attached hydrogen (secondary N) is 3. The van der Waals surface area contributed by atoms with Gasteiger partial charge in [0.2, 0.25) is 5.91 Å². The van der Waals surface area contributed by atoms with E-state index in [2.05, 4.69) is 20.9 Å². The second-order valence-corrected chi connectivity index (χ2v) is 6.99. The number of hydrogen-bond donors (Lipinski definition) is 3. The van der Waals surface area contributed by atoms with Crippen LogP contribution in [-0.4, -0.2) is 51.8 Å². The minimum atomic E-state index is -0.382. The average molecular weight is 492 g/mol. The first-order chi connectivity index (χ1) is 12.3. The number of ether oxygens (including phenoxy) is 2. The summed E-state index contributed by atoms with van der Waals surface area (Å²) < 4.78 is 11.1. The van der Waals surface area contributed by atoms with Gasteiger partial charge in [-0.3, -0.25) is 9.79 Å². The Morgan fingerprint density at radius 1 is 1.15 bits per heavy atom. The highest BCUT2D eigenvalue weighted by Crippen LogP contribution is 2.19. The summed E-state index contributed by atoms with van der Waals surface area (Å²) in [6, 6.07) is 7.51. The van der Waals surface area contributed by atoms with Crippen molar-refractivity contribution in [1.82, 2.24) is 16.0 Å². The maximum atomic E-state index is 11.8. The maximum absolute atomic E-state index is 11.8. The molecule has 0 bridgehead atoms. The van der Waals surface area contributed by atoms with Crippen LogP contribution in [0.2, 0.25) is 0 Å². The minimum Gasteiger partial charge on any atom is -0.497 e. The summed E-state index contributed by atoms with van der Waals surface area (Å²) in [4.78, 5) is 16.0. The largest absolute Gasteiger partial charge is 0.497 e. The highest BCUT2D eigenvalue weighted by Gasteiger charge is 2.20. The number of amides is 1. The predicted octanol–water partition coefficient (Wildman–Crippen LogP) is 2.41. The standard InChI is InChI=1S/C19H32N4O3.HI/c1-14(26-16-9-7-8-15(12-16)25-6)13-23-18(20-5)22-11-10-21-17(24)19(2,3)4;/h7-9,12,14H,10-11,13H2,1-6H3,(H,21,24)(H2,20,22,23);1H. The molecule has 0 aliphatic rings. The van der Waals surface area contributed by atoms with Crippen molar-refractivity contribution in [3.8, 4) is 11.5 Å². The van der Waals surface area contributed by atoms with Gasteiger partial charge >= 0.3 is 0 Å². The molecule has 7 nitrogen and oxygen atoms in total. The summed E-state index contributed by atoms with van der Waals surface area (Å²) in [5.41, 5.74) is -0.382. The highest BCUT2D eigenvalue weighted by molar-refractivity contribution is 14.0. The lowest BCUT2D eigenvalue weighted by molar-refractivity contribution is -0.128. The number of carbonyl (C=O) groups is 1. The summed E-state index contributed by atoms with van der Waals surface area (Å²) in [7, 11) is 3.33. The van der Waals surface area contributed by atoms with Crippen LogP contribution in [-0.2, 0) is 4.79 Å². The Balaban J connectivity index is 0.00000676. The molecule has 0 saturated carbocycles. The lowest BCUT2D eigenvalue weighted by Gasteiger charge is -2.19. The van der Waals surface area contributed by atoms with Crippen molar-refractivity contribution in [2.75, 3.05) is 33.8 Å². The van der Waals surface area contributed by atoms with E-state index < -0.39 is 0 Å². The molecule has 0 aromatic heterocycles. The molecule has 1 unspecified atom stereocenters. The number of hydrogen-bond acceptors (Lipinski definition) is 4. The zero-order valence-corrected chi connectivity index (χ0v) is 19.4. The van der Waals surface area contributed by atoms with Crippen molar-refractivity contribution >= 4 is 35.8 Å². The SMILES string of the molecule is CN=C(NCCNC(=O)C(C)(C)C)NCC(C)Oc1cccc(OC)c1.I. The Morgan fingerprint density at radius 3 is 2.37 bits per heavy atom. The van der Waals surface area contributed by atoms with Crippen LogP contribution in [0.15, 0.2) is 29.3 Å². The molecule has 1 aromatic carbocycles. The smallest absolute Gasteiger partial charge is 0.225 e. The summed E-state index contributed by atoms with van der Waals surface area (Å²) >= 11 is 0. The molecule has 27 heavy (non-hydrogen) atoms. The highest BCUT2D eigenvalue weighted by atomic mass is 127. The van der Waals surface area contributed by atoms with Crippen LogP contribution in [0, 0.1) is 5.41 Å². The van der Waals surface area contributed by atoms with Crippen LogP contribution in [0.25, 0.3) is 0 Å². The zero-order chi connectivity index (χ0) is 19.6. The summed E-state index contributed by atoms with van der Waals surface area (Å²) in [5.74, 6) is 2.21. The lowest BCUT2D eigenvalue weighted by atomic mass is 9.96. The van der Waals surface area contributed by atoms with Crippen LogP contribution in [0.5, 0.6) is 11.5 Å². The van der Waals surface area contributed by atoms with Gasteiger partial charge in [0.05, 0.1) is 13.7 Å². The number of benzene rings is 1. The first kappa shape index (κ1) is 25.3. The van der Waals surface area contributed by atoms with E-state index in [-0.39, 0.29) is 41.4 Å². The van der Waals surface area contributed by atoms with Gasteiger partial charge in [0, 0.05) is 31.6 Å². The van der Waals surface area contributed by atoms with Gasteiger partial charge in [0.15, 0.2) is 5.96 Å². The molecule has 0 radical (unpaired) electrons. The van der Waals surface area contributed by atoms with E-state index in [0.29, 0.717) is 25.6 Å².